The molecule has 1 N–H and O–H groups in total. The summed E-state index contributed by atoms with van der Waals surface area (Å²) in [6.45, 7) is -0.320. The summed E-state index contributed by atoms with van der Waals surface area (Å²) in [4.78, 5) is 47.2. The maximum absolute atomic E-state index is 13.2. The van der Waals surface area contributed by atoms with Gasteiger partial charge in [-0.3, -0.25) is 18.7 Å². The van der Waals surface area contributed by atoms with E-state index in [1.807, 2.05) is 18.2 Å². The molecule has 1 amide bonds. The van der Waals surface area contributed by atoms with Crippen molar-refractivity contribution in [1.29, 1.82) is 0 Å². The fourth-order valence-corrected chi connectivity index (χ4v) is 3.44. The van der Waals surface area contributed by atoms with Gasteiger partial charge in [0.25, 0.3) is 5.56 Å². The lowest BCUT2D eigenvalue weighted by atomic mass is 10.2. The highest BCUT2D eigenvalue weighted by molar-refractivity contribution is 5.91. The first-order chi connectivity index (χ1) is 16.0. The lowest BCUT2D eigenvalue weighted by Crippen LogP contribution is -2.42. The van der Waals surface area contributed by atoms with E-state index in [0.717, 1.165) is 14.7 Å². The fraction of sp³-hybridized carbons (Fsp3) is 0.174. The molecule has 0 bridgehead atoms. The Hall–Kier alpha value is -4.47. The summed E-state index contributed by atoms with van der Waals surface area (Å²) < 4.78 is 12.6. The van der Waals surface area contributed by atoms with Crippen molar-refractivity contribution >= 4 is 22.8 Å². The van der Waals surface area contributed by atoms with Gasteiger partial charge in [-0.25, -0.2) is 14.8 Å². The Morgan fingerprint density at radius 2 is 1.67 bits per heavy atom. The number of fused-ring (bicyclic) bond motifs is 1. The lowest BCUT2D eigenvalue weighted by Gasteiger charge is -2.14. The highest BCUT2D eigenvalue weighted by atomic mass is 16.5. The molecule has 4 aromatic rings. The van der Waals surface area contributed by atoms with Crippen molar-refractivity contribution in [3.05, 3.63) is 87.3 Å². The molecule has 0 radical (unpaired) electrons. The van der Waals surface area contributed by atoms with Crippen molar-refractivity contribution in [2.24, 2.45) is 0 Å². The van der Waals surface area contributed by atoms with Gasteiger partial charge in [-0.15, -0.1) is 0 Å². The second-order valence-corrected chi connectivity index (χ2v) is 7.09. The van der Waals surface area contributed by atoms with E-state index in [1.54, 1.807) is 30.3 Å². The zero-order valence-corrected chi connectivity index (χ0v) is 18.0. The molecule has 10 nitrogen and oxygen atoms in total. The van der Waals surface area contributed by atoms with Crippen LogP contribution in [-0.2, 0) is 17.9 Å². The molecule has 0 aliphatic rings. The number of aromatic nitrogens is 4. The first-order valence-electron chi connectivity index (χ1n) is 10.0. The van der Waals surface area contributed by atoms with Crippen molar-refractivity contribution in [2.75, 3.05) is 19.5 Å². The van der Waals surface area contributed by atoms with E-state index >= 15 is 0 Å². The van der Waals surface area contributed by atoms with Gasteiger partial charge in [0.05, 0.1) is 20.8 Å². The van der Waals surface area contributed by atoms with E-state index in [1.165, 1.54) is 26.6 Å². The average molecular weight is 447 g/mol. The Morgan fingerprint density at radius 1 is 0.939 bits per heavy atom. The van der Waals surface area contributed by atoms with Crippen molar-refractivity contribution in [2.45, 2.75) is 13.1 Å². The number of benzene rings is 2. The molecule has 0 saturated carbocycles. The van der Waals surface area contributed by atoms with Crippen LogP contribution in [0, 0.1) is 0 Å². The van der Waals surface area contributed by atoms with Gasteiger partial charge in [-0.1, -0.05) is 30.3 Å². The number of carbonyl (C=O) groups excluding carboxylic acids is 1. The Kier molecular flexibility index (Phi) is 6.16. The van der Waals surface area contributed by atoms with Gasteiger partial charge in [0.2, 0.25) is 5.91 Å². The number of hydrogen-bond acceptors (Lipinski definition) is 7. The summed E-state index contributed by atoms with van der Waals surface area (Å²) in [5.74, 6) is 0.474. The molecular weight excluding hydrogens is 426 g/mol. The van der Waals surface area contributed by atoms with Crippen molar-refractivity contribution < 1.29 is 14.3 Å². The third-order valence-corrected chi connectivity index (χ3v) is 5.00. The van der Waals surface area contributed by atoms with Crippen molar-refractivity contribution in [3.63, 3.8) is 0 Å². The van der Waals surface area contributed by atoms with Gasteiger partial charge < -0.3 is 14.8 Å². The van der Waals surface area contributed by atoms with Crippen LogP contribution >= 0.6 is 0 Å². The molecule has 2 heterocycles. The molecule has 0 saturated heterocycles. The van der Waals surface area contributed by atoms with Gasteiger partial charge in [0.15, 0.2) is 22.7 Å². The molecule has 2 aromatic heterocycles. The number of amides is 1. The normalized spacial score (nSPS) is 10.7. The number of hydrogen-bond donors (Lipinski definition) is 1. The highest BCUT2D eigenvalue weighted by Crippen LogP contribution is 2.29. The predicted molar refractivity (Wildman–Crippen MR) is 122 cm³/mol. The second-order valence-electron chi connectivity index (χ2n) is 7.09. The minimum absolute atomic E-state index is 0.00643. The molecule has 0 fully saturated rings. The van der Waals surface area contributed by atoms with E-state index in [4.69, 9.17) is 9.47 Å². The molecule has 168 valence electrons. The van der Waals surface area contributed by atoms with E-state index in [0.29, 0.717) is 17.2 Å². The van der Waals surface area contributed by atoms with Crippen LogP contribution in [0.1, 0.15) is 5.56 Å². The molecule has 0 aliphatic heterocycles. The van der Waals surface area contributed by atoms with Gasteiger partial charge in [-0.2, -0.15) is 0 Å². The molecular formula is C23H21N5O5. The molecule has 33 heavy (non-hydrogen) atoms. The van der Waals surface area contributed by atoms with Gasteiger partial charge in [-0.05, 0) is 17.7 Å². The Labute approximate surface area is 188 Å². The predicted octanol–water partition coefficient (Wildman–Crippen LogP) is 1.66. The zero-order valence-electron chi connectivity index (χ0n) is 18.0. The molecule has 2 aromatic carbocycles. The Morgan fingerprint density at radius 3 is 2.39 bits per heavy atom. The number of carbonyl (C=O) groups is 1. The van der Waals surface area contributed by atoms with Gasteiger partial charge in [0, 0.05) is 24.1 Å². The average Bonchev–Trinajstić information content (AvgIpc) is 2.85. The monoisotopic (exact) mass is 447 g/mol. The van der Waals surface area contributed by atoms with Crippen molar-refractivity contribution in [3.8, 4) is 11.5 Å². The molecule has 0 aliphatic carbocycles. The SMILES string of the molecule is COc1ccc(NC(=O)Cn2c(=O)n(Cc3ccccc3)c(=O)c3nccnc32)cc1OC. The van der Waals surface area contributed by atoms with Crippen LogP contribution in [0.5, 0.6) is 11.5 Å². The maximum Gasteiger partial charge on any atom is 0.333 e. The van der Waals surface area contributed by atoms with Gasteiger partial charge in [0.1, 0.15) is 6.54 Å². The molecule has 0 atom stereocenters. The minimum Gasteiger partial charge on any atom is -0.493 e. The topological polar surface area (TPSA) is 117 Å². The van der Waals surface area contributed by atoms with E-state index in [9.17, 15) is 14.4 Å². The molecule has 0 spiro atoms. The summed E-state index contributed by atoms with van der Waals surface area (Å²) in [7, 11) is 3.00. The summed E-state index contributed by atoms with van der Waals surface area (Å²) >= 11 is 0. The fourth-order valence-electron chi connectivity index (χ4n) is 3.44. The lowest BCUT2D eigenvalue weighted by molar-refractivity contribution is -0.116. The minimum atomic E-state index is -0.653. The largest absolute Gasteiger partial charge is 0.493 e. The summed E-state index contributed by atoms with van der Waals surface area (Å²) in [6.07, 6.45) is 2.74. The smallest absolute Gasteiger partial charge is 0.333 e. The van der Waals surface area contributed by atoms with Crippen LogP contribution in [-0.4, -0.2) is 39.2 Å². The Bertz CT molecular complexity index is 1430. The van der Waals surface area contributed by atoms with E-state index in [2.05, 4.69) is 15.3 Å². The maximum atomic E-state index is 13.2. The van der Waals surface area contributed by atoms with Crippen LogP contribution in [0.4, 0.5) is 5.69 Å². The third kappa shape index (κ3) is 4.45. The van der Waals surface area contributed by atoms with Gasteiger partial charge >= 0.3 is 5.69 Å². The summed E-state index contributed by atoms with van der Waals surface area (Å²) in [6, 6.07) is 14.0. The first kappa shape index (κ1) is 21.8. The third-order valence-electron chi connectivity index (χ3n) is 5.00. The van der Waals surface area contributed by atoms with Crippen molar-refractivity contribution in [1.82, 2.24) is 19.1 Å². The number of nitrogens with zero attached hydrogens (tertiary/aromatic N) is 4. The van der Waals surface area contributed by atoms with Crippen LogP contribution in [0.25, 0.3) is 11.2 Å². The molecule has 0 unspecified atom stereocenters. The standard InChI is InChI=1S/C23H21N5O5/c1-32-17-9-8-16(12-18(17)33-2)26-19(29)14-27-21-20(24-10-11-25-21)22(30)28(23(27)31)13-15-6-4-3-5-7-15/h3-12H,13-14H2,1-2H3,(H,26,29). The van der Waals surface area contributed by atoms with E-state index < -0.39 is 17.2 Å². The van der Waals surface area contributed by atoms with Crippen LogP contribution in [0.3, 0.4) is 0 Å². The number of ether oxygens (including phenoxy) is 2. The number of anilines is 1. The number of rotatable bonds is 7. The molecule has 4 rings (SSSR count). The number of methoxy groups -OCH3 is 2. The number of nitrogens with one attached hydrogen (secondary N) is 1. The second kappa shape index (κ2) is 9.35. The first-order valence-corrected chi connectivity index (χ1v) is 10.0. The van der Waals surface area contributed by atoms with Crippen LogP contribution in [0.15, 0.2) is 70.5 Å². The van der Waals surface area contributed by atoms with Crippen LogP contribution < -0.4 is 26.0 Å². The summed E-state index contributed by atoms with van der Waals surface area (Å²) in [5.41, 5.74) is 0.0500. The van der Waals surface area contributed by atoms with E-state index in [-0.39, 0.29) is 24.3 Å². The Balaban J connectivity index is 1.70. The van der Waals surface area contributed by atoms with Crippen LogP contribution in [0.2, 0.25) is 0 Å². The molecule has 10 heteroatoms. The summed E-state index contributed by atoms with van der Waals surface area (Å²) in [5, 5.41) is 2.72. The quantitative estimate of drug-likeness (QED) is 0.458. The zero-order chi connectivity index (χ0) is 23.4. The highest BCUT2D eigenvalue weighted by Gasteiger charge is 2.18.